The molecule has 1 aliphatic rings. The first kappa shape index (κ1) is 24.2. The van der Waals surface area contributed by atoms with Crippen LogP contribution in [0.5, 0.6) is 0 Å². The van der Waals surface area contributed by atoms with E-state index in [4.69, 9.17) is 0 Å². The first-order chi connectivity index (χ1) is 16.4. The molecule has 1 fully saturated rings. The number of amides is 1. The van der Waals surface area contributed by atoms with E-state index in [1.165, 1.54) is 20.6 Å². The van der Waals surface area contributed by atoms with E-state index in [0.29, 0.717) is 35.7 Å². The van der Waals surface area contributed by atoms with Gasteiger partial charge in [-0.25, -0.2) is 13.4 Å². The Kier molecular flexibility index (Phi) is 7.50. The fourth-order valence-corrected chi connectivity index (χ4v) is 6.28. The maximum atomic E-state index is 12.9. The molecule has 1 aliphatic heterocycles. The Balaban J connectivity index is 1.38. The summed E-state index contributed by atoms with van der Waals surface area (Å²) in [4.78, 5) is 31.9. The van der Waals surface area contributed by atoms with E-state index >= 15 is 0 Å². The molecule has 10 heteroatoms. The molecule has 0 spiro atoms. The van der Waals surface area contributed by atoms with Crippen molar-refractivity contribution in [1.29, 1.82) is 0 Å². The quantitative estimate of drug-likeness (QED) is 0.269. The van der Waals surface area contributed by atoms with Crippen molar-refractivity contribution >= 4 is 38.6 Å². The standard InChI is InChI=1S/C24H26N4O4S2/c1-2-12-28-23(30)20-10-6-7-11-21(20)25-24(28)33-17-22(29)26-13-15-27(16-14-26)34(31,32)18-19-8-4-3-5-9-19/h2-11H,1,12-18H2. The van der Waals surface area contributed by atoms with Crippen LogP contribution in [0.25, 0.3) is 10.9 Å². The highest BCUT2D eigenvalue weighted by molar-refractivity contribution is 7.99. The van der Waals surface area contributed by atoms with Crippen molar-refractivity contribution in [3.63, 3.8) is 0 Å². The van der Waals surface area contributed by atoms with Crippen molar-refractivity contribution in [1.82, 2.24) is 18.8 Å². The van der Waals surface area contributed by atoms with E-state index in [1.807, 2.05) is 24.3 Å². The third-order valence-corrected chi connectivity index (χ3v) is 8.45. The molecule has 0 unspecified atom stereocenters. The number of nitrogens with zero attached hydrogens (tertiary/aromatic N) is 4. The second kappa shape index (κ2) is 10.5. The molecule has 0 bridgehead atoms. The molecule has 8 nitrogen and oxygen atoms in total. The van der Waals surface area contributed by atoms with Crippen LogP contribution in [0.3, 0.4) is 0 Å². The van der Waals surface area contributed by atoms with E-state index in [2.05, 4.69) is 11.6 Å². The van der Waals surface area contributed by atoms with Crippen LogP contribution in [-0.4, -0.2) is 65.0 Å². The lowest BCUT2D eigenvalue weighted by atomic mass is 10.2. The molecular formula is C24H26N4O4S2. The Labute approximate surface area is 203 Å². The number of carbonyl (C=O) groups is 1. The number of carbonyl (C=O) groups excluding carboxylic acids is 1. The average Bonchev–Trinajstić information content (AvgIpc) is 2.85. The van der Waals surface area contributed by atoms with E-state index in [-0.39, 0.29) is 36.1 Å². The Morgan fingerprint density at radius 2 is 1.71 bits per heavy atom. The van der Waals surface area contributed by atoms with Crippen LogP contribution in [0.1, 0.15) is 5.56 Å². The van der Waals surface area contributed by atoms with Crippen LogP contribution in [0.15, 0.2) is 77.2 Å². The van der Waals surface area contributed by atoms with Crippen LogP contribution < -0.4 is 5.56 Å². The highest BCUT2D eigenvalue weighted by Crippen LogP contribution is 2.20. The Bertz CT molecular complexity index is 1350. The molecule has 0 saturated carbocycles. The van der Waals surface area contributed by atoms with Gasteiger partial charge in [-0.2, -0.15) is 4.31 Å². The van der Waals surface area contributed by atoms with Gasteiger partial charge in [-0.1, -0.05) is 60.3 Å². The number of hydrogen-bond donors (Lipinski definition) is 0. The van der Waals surface area contributed by atoms with Crippen molar-refractivity contribution in [3.8, 4) is 0 Å². The minimum atomic E-state index is -3.45. The first-order valence-corrected chi connectivity index (χ1v) is 13.5. The third kappa shape index (κ3) is 5.40. The third-order valence-electron chi connectivity index (χ3n) is 5.64. The van der Waals surface area contributed by atoms with Crippen molar-refractivity contribution < 1.29 is 13.2 Å². The fourth-order valence-electron chi connectivity index (χ4n) is 3.86. The maximum Gasteiger partial charge on any atom is 0.262 e. The van der Waals surface area contributed by atoms with Gasteiger partial charge in [0.1, 0.15) is 0 Å². The van der Waals surface area contributed by atoms with Crippen molar-refractivity contribution in [2.45, 2.75) is 17.5 Å². The summed E-state index contributed by atoms with van der Waals surface area (Å²) in [6.45, 7) is 5.20. The summed E-state index contributed by atoms with van der Waals surface area (Å²) in [5, 5.41) is 0.980. The number of allylic oxidation sites excluding steroid dienone is 1. The second-order valence-electron chi connectivity index (χ2n) is 7.93. The number of fused-ring (bicyclic) bond motifs is 1. The minimum Gasteiger partial charge on any atom is -0.339 e. The van der Waals surface area contributed by atoms with Crippen LogP contribution in [0.4, 0.5) is 0 Å². The Morgan fingerprint density at radius 1 is 1.03 bits per heavy atom. The van der Waals surface area contributed by atoms with Gasteiger partial charge in [0, 0.05) is 32.7 Å². The zero-order valence-electron chi connectivity index (χ0n) is 18.7. The molecule has 0 atom stereocenters. The number of hydrogen-bond acceptors (Lipinski definition) is 6. The van der Waals surface area contributed by atoms with Crippen LogP contribution in [-0.2, 0) is 27.1 Å². The summed E-state index contributed by atoms with van der Waals surface area (Å²) in [6.07, 6.45) is 1.62. The predicted octanol–water partition coefficient (Wildman–Crippen LogP) is 2.35. The molecule has 34 heavy (non-hydrogen) atoms. The topological polar surface area (TPSA) is 92.6 Å². The number of sulfonamides is 1. The largest absolute Gasteiger partial charge is 0.339 e. The SMILES string of the molecule is C=CCn1c(SCC(=O)N2CCN(S(=O)(=O)Cc3ccccc3)CC2)nc2ccccc2c1=O. The molecule has 2 aromatic carbocycles. The number of piperazine rings is 1. The van der Waals surface area contributed by atoms with Crippen molar-refractivity contribution in [3.05, 3.63) is 83.2 Å². The van der Waals surface area contributed by atoms with E-state index < -0.39 is 10.0 Å². The zero-order chi connectivity index (χ0) is 24.1. The Hall–Kier alpha value is -2.95. The fraction of sp³-hybridized carbons (Fsp3) is 0.292. The Morgan fingerprint density at radius 3 is 2.41 bits per heavy atom. The molecule has 0 aliphatic carbocycles. The van der Waals surface area contributed by atoms with Gasteiger partial charge in [0.2, 0.25) is 15.9 Å². The molecule has 2 heterocycles. The summed E-state index contributed by atoms with van der Waals surface area (Å²) in [7, 11) is -3.45. The number of benzene rings is 2. The molecule has 178 valence electrons. The lowest BCUT2D eigenvalue weighted by molar-refractivity contribution is -0.129. The lowest BCUT2D eigenvalue weighted by Crippen LogP contribution is -2.51. The van der Waals surface area contributed by atoms with Gasteiger partial charge in [0.05, 0.1) is 22.4 Å². The average molecular weight is 499 g/mol. The molecule has 0 N–H and O–H groups in total. The van der Waals surface area contributed by atoms with Crippen molar-refractivity contribution in [2.24, 2.45) is 0 Å². The normalized spacial score (nSPS) is 14.9. The van der Waals surface area contributed by atoms with Crippen LogP contribution in [0.2, 0.25) is 0 Å². The van der Waals surface area contributed by atoms with Gasteiger partial charge in [-0.15, -0.1) is 6.58 Å². The maximum absolute atomic E-state index is 12.9. The highest BCUT2D eigenvalue weighted by Gasteiger charge is 2.29. The summed E-state index contributed by atoms with van der Waals surface area (Å²) < 4.78 is 28.5. The zero-order valence-corrected chi connectivity index (χ0v) is 20.3. The van der Waals surface area contributed by atoms with Crippen LogP contribution in [0, 0.1) is 0 Å². The number of thioether (sulfide) groups is 1. The predicted molar refractivity (Wildman–Crippen MR) is 134 cm³/mol. The number of aromatic nitrogens is 2. The summed E-state index contributed by atoms with van der Waals surface area (Å²) in [6, 6.07) is 16.2. The summed E-state index contributed by atoms with van der Waals surface area (Å²) in [5.74, 6) is -0.0530. The van der Waals surface area contributed by atoms with E-state index in [0.717, 1.165) is 5.56 Å². The van der Waals surface area contributed by atoms with Gasteiger partial charge in [0.25, 0.3) is 5.56 Å². The molecule has 0 radical (unpaired) electrons. The number of rotatable bonds is 8. The molecule has 1 aromatic heterocycles. The molecule has 1 amide bonds. The second-order valence-corrected chi connectivity index (χ2v) is 10.8. The molecule has 4 rings (SSSR count). The van der Waals surface area contributed by atoms with E-state index in [9.17, 15) is 18.0 Å². The number of para-hydroxylation sites is 1. The van der Waals surface area contributed by atoms with Gasteiger partial charge < -0.3 is 4.90 Å². The highest BCUT2D eigenvalue weighted by atomic mass is 32.2. The van der Waals surface area contributed by atoms with E-state index in [1.54, 1.807) is 41.3 Å². The smallest absolute Gasteiger partial charge is 0.262 e. The molecule has 1 saturated heterocycles. The summed E-state index contributed by atoms with van der Waals surface area (Å²) in [5.41, 5.74) is 1.16. The monoisotopic (exact) mass is 498 g/mol. The summed E-state index contributed by atoms with van der Waals surface area (Å²) >= 11 is 1.21. The molecular weight excluding hydrogens is 472 g/mol. The van der Waals surface area contributed by atoms with Gasteiger partial charge in [-0.05, 0) is 17.7 Å². The first-order valence-electron chi connectivity index (χ1n) is 10.9. The van der Waals surface area contributed by atoms with Gasteiger partial charge in [-0.3, -0.25) is 14.2 Å². The lowest BCUT2D eigenvalue weighted by Gasteiger charge is -2.34. The van der Waals surface area contributed by atoms with Crippen molar-refractivity contribution in [2.75, 3.05) is 31.9 Å². The van der Waals surface area contributed by atoms with Gasteiger partial charge >= 0.3 is 0 Å². The van der Waals surface area contributed by atoms with Crippen LogP contribution >= 0.6 is 11.8 Å². The molecule has 3 aromatic rings. The van der Waals surface area contributed by atoms with Gasteiger partial charge in [0.15, 0.2) is 5.16 Å². The minimum absolute atomic E-state index is 0.0495.